The largest absolute Gasteiger partial charge is 0.496 e. The Balaban J connectivity index is 1.80. The number of hydrogen-bond acceptors (Lipinski definition) is 4. The Labute approximate surface area is 158 Å². The average Bonchev–Trinajstić information content (AvgIpc) is 2.62. The first-order valence-electron chi connectivity index (χ1n) is 7.69. The summed E-state index contributed by atoms with van der Waals surface area (Å²) in [6.07, 6.45) is 1.46. The van der Waals surface area contributed by atoms with Crippen molar-refractivity contribution in [1.29, 1.82) is 0 Å². The molecule has 0 aliphatic carbocycles. The van der Waals surface area contributed by atoms with Gasteiger partial charge >= 0.3 is 0 Å². The van der Waals surface area contributed by atoms with E-state index in [-0.39, 0.29) is 24.4 Å². The highest BCUT2D eigenvalue weighted by Gasteiger charge is 2.10. The van der Waals surface area contributed by atoms with Crippen LogP contribution in [-0.2, 0) is 4.79 Å². The highest BCUT2D eigenvalue weighted by Crippen LogP contribution is 2.21. The summed E-state index contributed by atoms with van der Waals surface area (Å²) in [6.45, 7) is 0.0642. The van der Waals surface area contributed by atoms with E-state index in [2.05, 4.69) is 31.8 Å². The molecule has 136 valence electrons. The number of carbonyl (C=O) groups is 2. The Morgan fingerprint density at radius 1 is 1.27 bits per heavy atom. The minimum absolute atomic E-state index is 0.00709. The summed E-state index contributed by atoms with van der Waals surface area (Å²) in [5.41, 5.74) is 2.99. The Morgan fingerprint density at radius 2 is 2.04 bits per heavy atom. The van der Waals surface area contributed by atoms with Crippen LogP contribution in [0, 0.1) is 5.82 Å². The van der Waals surface area contributed by atoms with Crippen LogP contribution in [0.5, 0.6) is 5.75 Å². The fraction of sp³-hybridized carbons (Fsp3) is 0.167. The van der Waals surface area contributed by atoms with Gasteiger partial charge in [0.25, 0.3) is 5.91 Å². The number of carbonyl (C=O) groups excluding carboxylic acids is 2. The van der Waals surface area contributed by atoms with Gasteiger partial charge in [-0.2, -0.15) is 5.10 Å². The van der Waals surface area contributed by atoms with Crippen molar-refractivity contribution in [1.82, 2.24) is 10.7 Å². The van der Waals surface area contributed by atoms with E-state index in [0.717, 1.165) is 4.47 Å². The Kier molecular flexibility index (Phi) is 7.28. The Bertz CT molecular complexity index is 827. The molecule has 0 radical (unpaired) electrons. The lowest BCUT2D eigenvalue weighted by atomic mass is 10.2. The van der Waals surface area contributed by atoms with Crippen LogP contribution in [0.4, 0.5) is 4.39 Å². The molecule has 0 heterocycles. The smallest absolute Gasteiger partial charge is 0.254 e. The van der Waals surface area contributed by atoms with Crippen LogP contribution in [0.3, 0.4) is 0 Å². The number of rotatable bonds is 7. The Morgan fingerprint density at radius 3 is 2.77 bits per heavy atom. The number of benzene rings is 2. The highest BCUT2D eigenvalue weighted by atomic mass is 79.9. The summed E-state index contributed by atoms with van der Waals surface area (Å²) in [7, 11) is 1.54. The maximum Gasteiger partial charge on any atom is 0.254 e. The zero-order valence-electron chi connectivity index (χ0n) is 14.0. The molecule has 0 aliphatic heterocycles. The maximum atomic E-state index is 13.5. The van der Waals surface area contributed by atoms with E-state index in [1.807, 2.05) is 6.07 Å². The number of nitrogens with zero attached hydrogens (tertiary/aromatic N) is 1. The van der Waals surface area contributed by atoms with Gasteiger partial charge in [-0.3, -0.25) is 9.59 Å². The van der Waals surface area contributed by atoms with Gasteiger partial charge in [0.1, 0.15) is 11.6 Å². The summed E-state index contributed by atoms with van der Waals surface area (Å²) in [5, 5.41) is 6.35. The first-order chi connectivity index (χ1) is 12.5. The molecule has 0 saturated carbocycles. The van der Waals surface area contributed by atoms with Crippen LogP contribution in [0.2, 0.25) is 0 Å². The van der Waals surface area contributed by atoms with Crippen LogP contribution in [0.25, 0.3) is 0 Å². The summed E-state index contributed by atoms with van der Waals surface area (Å²) in [4.78, 5) is 23.6. The van der Waals surface area contributed by atoms with E-state index in [9.17, 15) is 14.0 Å². The lowest BCUT2D eigenvalue weighted by molar-refractivity contribution is -0.120. The number of halogens is 2. The Hall–Kier alpha value is -2.74. The van der Waals surface area contributed by atoms with Crippen molar-refractivity contribution in [3.05, 3.63) is 63.9 Å². The first-order valence-corrected chi connectivity index (χ1v) is 8.48. The zero-order chi connectivity index (χ0) is 18.9. The molecule has 0 aromatic heterocycles. The molecule has 6 nitrogen and oxygen atoms in total. The number of hydrogen-bond donors (Lipinski definition) is 2. The summed E-state index contributed by atoms with van der Waals surface area (Å²) in [6, 6.07) is 11.0. The molecule has 8 heteroatoms. The molecule has 2 amide bonds. The third-order valence-corrected chi connectivity index (χ3v) is 3.83. The molecule has 0 fully saturated rings. The quantitative estimate of drug-likeness (QED) is 0.532. The zero-order valence-corrected chi connectivity index (χ0v) is 15.5. The van der Waals surface area contributed by atoms with Crippen molar-refractivity contribution in [2.24, 2.45) is 5.10 Å². The molecule has 0 atom stereocenters. The number of hydrazone groups is 1. The number of ether oxygens (including phenoxy) is 1. The molecule has 0 unspecified atom stereocenters. The van der Waals surface area contributed by atoms with Crippen molar-refractivity contribution >= 4 is 34.0 Å². The van der Waals surface area contributed by atoms with Gasteiger partial charge in [-0.1, -0.05) is 28.1 Å². The lowest BCUT2D eigenvalue weighted by Gasteiger charge is -2.06. The van der Waals surface area contributed by atoms with Gasteiger partial charge in [-0.25, -0.2) is 9.82 Å². The van der Waals surface area contributed by atoms with Crippen molar-refractivity contribution in [2.75, 3.05) is 13.7 Å². The van der Waals surface area contributed by atoms with Crippen LogP contribution in [0.15, 0.2) is 52.0 Å². The van der Waals surface area contributed by atoms with Gasteiger partial charge < -0.3 is 10.1 Å². The molecule has 2 N–H and O–H groups in total. The van der Waals surface area contributed by atoms with Crippen LogP contribution in [0.1, 0.15) is 22.3 Å². The van der Waals surface area contributed by atoms with Gasteiger partial charge in [0.05, 0.1) is 18.9 Å². The van der Waals surface area contributed by atoms with Crippen molar-refractivity contribution in [3.8, 4) is 5.75 Å². The van der Waals surface area contributed by atoms with Gasteiger partial charge in [0, 0.05) is 23.0 Å². The molecular formula is C18H17BrFN3O3. The van der Waals surface area contributed by atoms with E-state index in [0.29, 0.717) is 11.3 Å². The van der Waals surface area contributed by atoms with Crippen LogP contribution < -0.4 is 15.5 Å². The van der Waals surface area contributed by atoms with Crippen molar-refractivity contribution in [3.63, 3.8) is 0 Å². The molecule has 26 heavy (non-hydrogen) atoms. The fourth-order valence-electron chi connectivity index (χ4n) is 2.07. The predicted molar refractivity (Wildman–Crippen MR) is 99.8 cm³/mol. The van der Waals surface area contributed by atoms with Crippen molar-refractivity contribution in [2.45, 2.75) is 6.42 Å². The second-order valence-electron chi connectivity index (χ2n) is 5.17. The van der Waals surface area contributed by atoms with E-state index < -0.39 is 11.7 Å². The molecule has 2 rings (SSSR count). The molecule has 2 aromatic carbocycles. The second kappa shape index (κ2) is 9.67. The standard InChI is InChI=1S/C18H17BrFN3O3/c1-26-16-7-6-13(19)10-12(16)11-22-23-17(24)8-9-21-18(25)14-4-2-3-5-15(14)20/h2-7,10-11H,8-9H2,1H3,(H,21,25)(H,23,24). The predicted octanol–water partition coefficient (Wildman–Crippen LogP) is 2.87. The van der Waals surface area contributed by atoms with Gasteiger partial charge in [0.15, 0.2) is 0 Å². The maximum absolute atomic E-state index is 13.5. The molecular weight excluding hydrogens is 405 g/mol. The topological polar surface area (TPSA) is 79.8 Å². The van der Waals surface area contributed by atoms with Gasteiger partial charge in [-0.15, -0.1) is 0 Å². The van der Waals surface area contributed by atoms with Gasteiger partial charge in [0.2, 0.25) is 5.91 Å². The monoisotopic (exact) mass is 421 g/mol. The van der Waals surface area contributed by atoms with Crippen molar-refractivity contribution < 1.29 is 18.7 Å². The number of nitrogens with one attached hydrogen (secondary N) is 2. The molecule has 0 bridgehead atoms. The van der Waals surface area contributed by atoms with E-state index in [1.165, 1.54) is 31.5 Å². The highest BCUT2D eigenvalue weighted by molar-refractivity contribution is 9.10. The summed E-state index contributed by atoms with van der Waals surface area (Å²) in [5.74, 6) is -0.951. The first kappa shape index (κ1) is 19.6. The lowest BCUT2D eigenvalue weighted by Crippen LogP contribution is -2.29. The molecule has 0 spiro atoms. The number of methoxy groups -OCH3 is 1. The summed E-state index contributed by atoms with van der Waals surface area (Å²) >= 11 is 3.35. The van der Waals surface area contributed by atoms with E-state index in [4.69, 9.17) is 4.74 Å². The third-order valence-electron chi connectivity index (χ3n) is 3.34. The normalized spacial score (nSPS) is 10.6. The van der Waals surface area contributed by atoms with E-state index >= 15 is 0 Å². The van der Waals surface area contributed by atoms with Crippen LogP contribution >= 0.6 is 15.9 Å². The fourth-order valence-corrected chi connectivity index (χ4v) is 2.44. The average molecular weight is 422 g/mol. The SMILES string of the molecule is COc1ccc(Br)cc1C=NNC(=O)CCNC(=O)c1ccccc1F. The minimum atomic E-state index is -0.609. The molecule has 0 saturated heterocycles. The van der Waals surface area contributed by atoms with Crippen LogP contribution in [-0.4, -0.2) is 31.7 Å². The minimum Gasteiger partial charge on any atom is -0.496 e. The molecule has 2 aromatic rings. The van der Waals surface area contributed by atoms with Gasteiger partial charge in [-0.05, 0) is 30.3 Å². The summed E-state index contributed by atoms with van der Waals surface area (Å²) < 4.78 is 19.5. The van der Waals surface area contributed by atoms with E-state index in [1.54, 1.807) is 18.2 Å². The molecule has 0 aliphatic rings. The third kappa shape index (κ3) is 5.66. The number of amides is 2. The second-order valence-corrected chi connectivity index (χ2v) is 6.08.